The Bertz CT molecular complexity index is 390. The third kappa shape index (κ3) is 3.10. The first-order chi connectivity index (χ1) is 7.66. The van der Waals surface area contributed by atoms with Crippen molar-refractivity contribution in [2.24, 2.45) is 0 Å². The Morgan fingerprint density at radius 2 is 2.19 bits per heavy atom. The molecular formula is C12H15IN2O. The summed E-state index contributed by atoms with van der Waals surface area (Å²) in [7, 11) is 1.83. The van der Waals surface area contributed by atoms with E-state index in [4.69, 9.17) is 0 Å². The summed E-state index contributed by atoms with van der Waals surface area (Å²) in [5.74, 6) is 0. The standard InChI is InChI=1S/C12H15IN2O/c1-15(12(16)14-10-6-7-10)8-9-4-2-3-5-11(9)13/h2-5,10H,6-8H2,1H3,(H,14,16). The number of nitrogens with zero attached hydrogens (tertiary/aromatic N) is 1. The van der Waals surface area contributed by atoms with Gasteiger partial charge in [-0.2, -0.15) is 0 Å². The van der Waals surface area contributed by atoms with Gasteiger partial charge >= 0.3 is 6.03 Å². The van der Waals surface area contributed by atoms with Crippen molar-refractivity contribution in [3.63, 3.8) is 0 Å². The van der Waals surface area contributed by atoms with Gasteiger partial charge in [-0.15, -0.1) is 0 Å². The van der Waals surface area contributed by atoms with Crippen LogP contribution in [0.3, 0.4) is 0 Å². The number of carbonyl (C=O) groups excluding carboxylic acids is 1. The largest absolute Gasteiger partial charge is 0.335 e. The fraction of sp³-hybridized carbons (Fsp3) is 0.417. The predicted molar refractivity (Wildman–Crippen MR) is 72.2 cm³/mol. The van der Waals surface area contributed by atoms with Crippen LogP contribution in [0.2, 0.25) is 0 Å². The van der Waals surface area contributed by atoms with Crippen LogP contribution in [-0.2, 0) is 6.54 Å². The number of amides is 2. The molecule has 3 nitrogen and oxygen atoms in total. The Labute approximate surface area is 109 Å². The maximum Gasteiger partial charge on any atom is 0.317 e. The smallest absolute Gasteiger partial charge is 0.317 e. The molecule has 1 aliphatic carbocycles. The summed E-state index contributed by atoms with van der Waals surface area (Å²) in [4.78, 5) is 13.5. The molecule has 1 saturated carbocycles. The lowest BCUT2D eigenvalue weighted by atomic mass is 10.2. The average molecular weight is 330 g/mol. The van der Waals surface area contributed by atoms with Crippen LogP contribution in [0.15, 0.2) is 24.3 Å². The van der Waals surface area contributed by atoms with E-state index in [9.17, 15) is 4.79 Å². The second kappa shape index (κ2) is 5.03. The highest BCUT2D eigenvalue weighted by Gasteiger charge is 2.24. The first-order valence-electron chi connectivity index (χ1n) is 5.42. The monoisotopic (exact) mass is 330 g/mol. The molecule has 0 unspecified atom stereocenters. The van der Waals surface area contributed by atoms with Crippen molar-refractivity contribution in [1.29, 1.82) is 0 Å². The number of benzene rings is 1. The molecule has 0 saturated heterocycles. The number of hydrogen-bond acceptors (Lipinski definition) is 1. The van der Waals surface area contributed by atoms with Crippen LogP contribution < -0.4 is 5.32 Å². The van der Waals surface area contributed by atoms with Crippen molar-refractivity contribution >= 4 is 28.6 Å². The molecule has 0 aliphatic heterocycles. The summed E-state index contributed by atoms with van der Waals surface area (Å²) in [6, 6.07) is 8.58. The van der Waals surface area contributed by atoms with Crippen molar-refractivity contribution in [3.05, 3.63) is 33.4 Å². The fourth-order valence-electron chi connectivity index (χ4n) is 1.47. The molecule has 2 amide bonds. The molecule has 16 heavy (non-hydrogen) atoms. The van der Waals surface area contributed by atoms with Crippen LogP contribution in [0, 0.1) is 3.57 Å². The molecule has 1 aromatic carbocycles. The Kier molecular flexibility index (Phi) is 3.68. The lowest BCUT2D eigenvalue weighted by Crippen LogP contribution is -2.38. The first kappa shape index (κ1) is 11.7. The maximum atomic E-state index is 11.7. The number of nitrogens with one attached hydrogen (secondary N) is 1. The van der Waals surface area contributed by atoms with Gasteiger partial charge in [0.15, 0.2) is 0 Å². The van der Waals surface area contributed by atoms with Gasteiger partial charge in [0.1, 0.15) is 0 Å². The Hall–Kier alpha value is -0.780. The zero-order valence-corrected chi connectivity index (χ0v) is 11.4. The fourth-order valence-corrected chi connectivity index (χ4v) is 2.02. The van der Waals surface area contributed by atoms with Gasteiger partial charge in [0.25, 0.3) is 0 Å². The van der Waals surface area contributed by atoms with E-state index in [0.29, 0.717) is 12.6 Å². The molecule has 0 bridgehead atoms. The van der Waals surface area contributed by atoms with Crippen molar-refractivity contribution in [2.45, 2.75) is 25.4 Å². The zero-order valence-electron chi connectivity index (χ0n) is 9.24. The van der Waals surface area contributed by atoms with Crippen LogP contribution in [0.1, 0.15) is 18.4 Å². The molecule has 2 rings (SSSR count). The van der Waals surface area contributed by atoms with Gasteiger partial charge < -0.3 is 10.2 Å². The van der Waals surface area contributed by atoms with Gasteiger partial charge in [-0.3, -0.25) is 0 Å². The molecule has 0 spiro atoms. The molecule has 0 atom stereocenters. The van der Waals surface area contributed by atoms with Crippen molar-refractivity contribution < 1.29 is 4.79 Å². The maximum absolute atomic E-state index is 11.7. The third-order valence-corrected chi connectivity index (χ3v) is 3.67. The van der Waals surface area contributed by atoms with Crippen LogP contribution in [0.4, 0.5) is 4.79 Å². The predicted octanol–water partition coefficient (Wildman–Crippen LogP) is 2.60. The van der Waals surface area contributed by atoms with Crippen molar-refractivity contribution in [3.8, 4) is 0 Å². The van der Waals surface area contributed by atoms with Crippen LogP contribution >= 0.6 is 22.6 Å². The van der Waals surface area contributed by atoms with Gasteiger partial charge in [0.2, 0.25) is 0 Å². The average Bonchev–Trinajstić information content (AvgIpc) is 3.05. The number of urea groups is 1. The molecule has 4 heteroatoms. The first-order valence-corrected chi connectivity index (χ1v) is 6.49. The highest BCUT2D eigenvalue weighted by atomic mass is 127. The van der Waals surface area contributed by atoms with Gasteiger partial charge in [-0.05, 0) is 47.1 Å². The number of hydrogen-bond donors (Lipinski definition) is 1. The Morgan fingerprint density at radius 3 is 2.81 bits per heavy atom. The minimum atomic E-state index is 0.0298. The summed E-state index contributed by atoms with van der Waals surface area (Å²) >= 11 is 2.30. The molecule has 1 aromatic rings. The second-order valence-electron chi connectivity index (χ2n) is 4.17. The Balaban J connectivity index is 1.92. The lowest BCUT2D eigenvalue weighted by Gasteiger charge is -2.18. The normalized spacial score (nSPS) is 14.6. The van der Waals surface area contributed by atoms with E-state index in [1.54, 1.807) is 4.90 Å². The van der Waals surface area contributed by atoms with Crippen LogP contribution in [0.5, 0.6) is 0 Å². The SMILES string of the molecule is CN(Cc1ccccc1I)C(=O)NC1CC1. The molecule has 86 valence electrons. The summed E-state index contributed by atoms with van der Waals surface area (Å²) in [5, 5.41) is 2.98. The quantitative estimate of drug-likeness (QED) is 0.849. The minimum absolute atomic E-state index is 0.0298. The highest BCUT2D eigenvalue weighted by Crippen LogP contribution is 2.19. The van der Waals surface area contributed by atoms with E-state index < -0.39 is 0 Å². The minimum Gasteiger partial charge on any atom is -0.335 e. The number of halogens is 1. The van der Waals surface area contributed by atoms with Crippen LogP contribution in [-0.4, -0.2) is 24.0 Å². The molecule has 1 fully saturated rings. The second-order valence-corrected chi connectivity index (χ2v) is 5.33. The van der Waals surface area contributed by atoms with E-state index in [-0.39, 0.29) is 6.03 Å². The van der Waals surface area contributed by atoms with E-state index >= 15 is 0 Å². The molecule has 0 aromatic heterocycles. The van der Waals surface area contributed by atoms with E-state index in [1.807, 2.05) is 19.2 Å². The Morgan fingerprint density at radius 1 is 1.50 bits per heavy atom. The van der Waals surface area contributed by atoms with Crippen LogP contribution in [0.25, 0.3) is 0 Å². The summed E-state index contributed by atoms with van der Waals surface area (Å²) < 4.78 is 1.20. The zero-order chi connectivity index (χ0) is 11.5. The van der Waals surface area contributed by atoms with Gasteiger partial charge in [-0.1, -0.05) is 18.2 Å². The van der Waals surface area contributed by atoms with Crippen molar-refractivity contribution in [1.82, 2.24) is 10.2 Å². The lowest BCUT2D eigenvalue weighted by molar-refractivity contribution is 0.206. The van der Waals surface area contributed by atoms with E-state index in [0.717, 1.165) is 12.8 Å². The van der Waals surface area contributed by atoms with Gasteiger partial charge in [0.05, 0.1) is 0 Å². The van der Waals surface area contributed by atoms with E-state index in [2.05, 4.69) is 40.0 Å². The van der Waals surface area contributed by atoms with E-state index in [1.165, 1.54) is 9.13 Å². The summed E-state index contributed by atoms with van der Waals surface area (Å²) in [6.07, 6.45) is 2.25. The van der Waals surface area contributed by atoms with Gasteiger partial charge in [-0.25, -0.2) is 4.79 Å². The highest BCUT2D eigenvalue weighted by molar-refractivity contribution is 14.1. The molecule has 1 N–H and O–H groups in total. The number of rotatable bonds is 3. The molecule has 0 radical (unpaired) electrons. The number of carbonyl (C=O) groups is 1. The van der Waals surface area contributed by atoms with Gasteiger partial charge in [0, 0.05) is 23.2 Å². The summed E-state index contributed by atoms with van der Waals surface area (Å²) in [5.41, 5.74) is 1.19. The molecule has 0 heterocycles. The molecule has 1 aliphatic rings. The third-order valence-electron chi connectivity index (χ3n) is 2.62. The summed E-state index contributed by atoms with van der Waals surface area (Å²) in [6.45, 7) is 0.664. The van der Waals surface area contributed by atoms with Crippen molar-refractivity contribution in [2.75, 3.05) is 7.05 Å². The topological polar surface area (TPSA) is 32.3 Å². The molecular weight excluding hydrogens is 315 g/mol.